The fourth-order valence-corrected chi connectivity index (χ4v) is 2.29. The molecule has 0 aromatic carbocycles. The lowest BCUT2D eigenvalue weighted by Gasteiger charge is -2.04. The van der Waals surface area contributed by atoms with E-state index in [-0.39, 0.29) is 12.3 Å². The predicted octanol–water partition coefficient (Wildman–Crippen LogP) is -0.929. The Labute approximate surface area is 100 Å². The van der Waals surface area contributed by atoms with Crippen LogP contribution in [0.3, 0.4) is 0 Å². The van der Waals surface area contributed by atoms with Crippen LogP contribution in [0, 0.1) is 0 Å². The number of pyridine rings is 1. The van der Waals surface area contributed by atoms with Gasteiger partial charge in [0, 0.05) is 25.5 Å². The Morgan fingerprint density at radius 1 is 1.47 bits per heavy atom. The maximum Gasteiger partial charge on any atom is 0.232 e. The van der Waals surface area contributed by atoms with Crippen LogP contribution in [0.5, 0.6) is 0 Å². The second-order valence-electron chi connectivity index (χ2n) is 3.60. The largest absolute Gasteiger partial charge is 0.369 e. The zero-order valence-electron chi connectivity index (χ0n) is 9.30. The molecule has 0 atom stereocenters. The van der Waals surface area contributed by atoms with Crippen LogP contribution < -0.4 is 11.1 Å². The van der Waals surface area contributed by atoms with Crippen LogP contribution in [0.25, 0.3) is 0 Å². The van der Waals surface area contributed by atoms with E-state index in [1.807, 2.05) is 6.07 Å². The number of nitrogens with two attached hydrogens (primary N) is 1. The van der Waals surface area contributed by atoms with Crippen molar-refractivity contribution >= 4 is 15.7 Å². The van der Waals surface area contributed by atoms with E-state index >= 15 is 0 Å². The number of nitrogens with zero attached hydrogens (tertiary/aromatic N) is 1. The first-order valence-corrected chi connectivity index (χ1v) is 6.90. The monoisotopic (exact) mass is 257 g/mol. The molecule has 1 aromatic rings. The normalized spacial score (nSPS) is 11.3. The van der Waals surface area contributed by atoms with Crippen molar-refractivity contribution in [3.8, 4) is 0 Å². The summed E-state index contributed by atoms with van der Waals surface area (Å²) in [5, 5.41) is 2.96. The van der Waals surface area contributed by atoms with Gasteiger partial charge < -0.3 is 11.1 Å². The maximum absolute atomic E-state index is 11.3. The van der Waals surface area contributed by atoms with Crippen molar-refractivity contribution in [1.29, 1.82) is 0 Å². The van der Waals surface area contributed by atoms with Crippen LogP contribution in [0.2, 0.25) is 0 Å². The standard InChI is InChI=1S/C10H15N3O3S/c11-10(14)8-17(15,16)5-4-13-7-9-2-1-3-12-6-9/h1-3,6,13H,4-5,7-8H2,(H2,11,14). The summed E-state index contributed by atoms with van der Waals surface area (Å²) in [7, 11) is -3.39. The van der Waals surface area contributed by atoms with Gasteiger partial charge in [0.25, 0.3) is 0 Å². The summed E-state index contributed by atoms with van der Waals surface area (Å²) < 4.78 is 22.6. The lowest BCUT2D eigenvalue weighted by Crippen LogP contribution is -2.29. The molecule has 0 radical (unpaired) electrons. The average molecular weight is 257 g/mol. The Kier molecular flexibility index (Phi) is 5.05. The molecule has 7 heteroatoms. The first-order chi connectivity index (χ1) is 7.99. The van der Waals surface area contributed by atoms with E-state index in [0.29, 0.717) is 6.54 Å². The Hall–Kier alpha value is -1.47. The summed E-state index contributed by atoms with van der Waals surface area (Å²) in [5.74, 6) is -1.52. The minimum Gasteiger partial charge on any atom is -0.369 e. The smallest absolute Gasteiger partial charge is 0.232 e. The number of carbonyl (C=O) groups excluding carboxylic acids is 1. The molecule has 6 nitrogen and oxygen atoms in total. The molecule has 0 spiro atoms. The second kappa shape index (κ2) is 6.31. The molecule has 0 aliphatic heterocycles. The van der Waals surface area contributed by atoms with E-state index in [4.69, 9.17) is 5.73 Å². The number of carbonyl (C=O) groups is 1. The molecule has 1 heterocycles. The highest BCUT2D eigenvalue weighted by Crippen LogP contribution is 1.94. The molecule has 3 N–H and O–H groups in total. The van der Waals surface area contributed by atoms with Gasteiger partial charge in [-0.05, 0) is 11.6 Å². The summed E-state index contributed by atoms with van der Waals surface area (Å²) in [4.78, 5) is 14.4. The number of primary amides is 1. The molecule has 0 fully saturated rings. The van der Waals surface area contributed by atoms with E-state index in [1.165, 1.54) is 0 Å². The molecular weight excluding hydrogens is 242 g/mol. The molecule has 94 valence electrons. The minimum absolute atomic E-state index is 0.101. The van der Waals surface area contributed by atoms with E-state index < -0.39 is 21.5 Å². The van der Waals surface area contributed by atoms with Crippen molar-refractivity contribution in [2.24, 2.45) is 5.73 Å². The topological polar surface area (TPSA) is 102 Å². The third-order valence-corrected chi connectivity index (χ3v) is 3.55. The van der Waals surface area contributed by atoms with Crippen LogP contribution in [0.4, 0.5) is 0 Å². The predicted molar refractivity (Wildman–Crippen MR) is 63.8 cm³/mol. The molecular formula is C10H15N3O3S. The van der Waals surface area contributed by atoms with Gasteiger partial charge in [0.05, 0.1) is 5.75 Å². The van der Waals surface area contributed by atoms with Gasteiger partial charge in [-0.2, -0.15) is 0 Å². The molecule has 0 saturated carbocycles. The Morgan fingerprint density at radius 2 is 2.24 bits per heavy atom. The van der Waals surface area contributed by atoms with Crippen LogP contribution in [0.15, 0.2) is 24.5 Å². The highest BCUT2D eigenvalue weighted by molar-refractivity contribution is 7.92. The van der Waals surface area contributed by atoms with Gasteiger partial charge in [0.15, 0.2) is 9.84 Å². The summed E-state index contributed by atoms with van der Waals surface area (Å²) in [6.07, 6.45) is 3.37. The van der Waals surface area contributed by atoms with Gasteiger partial charge in [-0.25, -0.2) is 8.42 Å². The summed E-state index contributed by atoms with van der Waals surface area (Å²) in [6.45, 7) is 0.824. The van der Waals surface area contributed by atoms with E-state index in [2.05, 4.69) is 10.3 Å². The van der Waals surface area contributed by atoms with Gasteiger partial charge in [-0.15, -0.1) is 0 Å². The second-order valence-corrected chi connectivity index (χ2v) is 5.78. The van der Waals surface area contributed by atoms with Crippen LogP contribution >= 0.6 is 0 Å². The van der Waals surface area contributed by atoms with E-state index in [1.54, 1.807) is 18.5 Å². The third kappa shape index (κ3) is 5.98. The van der Waals surface area contributed by atoms with Gasteiger partial charge in [0.1, 0.15) is 5.75 Å². The van der Waals surface area contributed by atoms with Crippen molar-refractivity contribution in [1.82, 2.24) is 10.3 Å². The van der Waals surface area contributed by atoms with Crippen molar-refractivity contribution < 1.29 is 13.2 Å². The number of nitrogens with one attached hydrogen (secondary N) is 1. The molecule has 1 rings (SSSR count). The first-order valence-electron chi connectivity index (χ1n) is 5.08. The third-order valence-electron chi connectivity index (χ3n) is 2.00. The number of amides is 1. The van der Waals surface area contributed by atoms with Crippen LogP contribution in [-0.2, 0) is 21.2 Å². The molecule has 0 saturated heterocycles. The highest BCUT2D eigenvalue weighted by atomic mass is 32.2. The number of aromatic nitrogens is 1. The van der Waals surface area contributed by atoms with E-state index in [9.17, 15) is 13.2 Å². The molecule has 0 aliphatic rings. The average Bonchev–Trinajstić information content (AvgIpc) is 2.24. The molecule has 1 amide bonds. The van der Waals surface area contributed by atoms with Crippen molar-refractivity contribution in [2.45, 2.75) is 6.54 Å². The van der Waals surface area contributed by atoms with E-state index in [0.717, 1.165) is 5.56 Å². The molecule has 1 aromatic heterocycles. The summed E-state index contributed by atoms with van der Waals surface area (Å²) in [5.41, 5.74) is 5.80. The van der Waals surface area contributed by atoms with Gasteiger partial charge in [0.2, 0.25) is 5.91 Å². The van der Waals surface area contributed by atoms with Gasteiger partial charge >= 0.3 is 0 Å². The fraction of sp³-hybridized carbons (Fsp3) is 0.400. The SMILES string of the molecule is NC(=O)CS(=O)(=O)CCNCc1cccnc1. The molecule has 0 bridgehead atoms. The maximum atomic E-state index is 11.3. The minimum atomic E-state index is -3.39. The quantitative estimate of drug-likeness (QED) is 0.614. The fourth-order valence-electron chi connectivity index (χ4n) is 1.25. The summed E-state index contributed by atoms with van der Waals surface area (Å²) >= 11 is 0. The van der Waals surface area contributed by atoms with Crippen molar-refractivity contribution in [3.63, 3.8) is 0 Å². The first kappa shape index (κ1) is 13.6. The Bertz CT molecular complexity index is 459. The lowest BCUT2D eigenvalue weighted by atomic mass is 10.3. The van der Waals surface area contributed by atoms with Crippen molar-refractivity contribution in [2.75, 3.05) is 18.1 Å². The van der Waals surface area contributed by atoms with Gasteiger partial charge in [-0.1, -0.05) is 6.07 Å². The molecule has 0 aliphatic carbocycles. The van der Waals surface area contributed by atoms with Crippen molar-refractivity contribution in [3.05, 3.63) is 30.1 Å². The highest BCUT2D eigenvalue weighted by Gasteiger charge is 2.13. The Morgan fingerprint density at radius 3 is 2.82 bits per heavy atom. The number of sulfone groups is 1. The summed E-state index contributed by atoms with van der Waals surface area (Å²) in [6, 6.07) is 3.69. The van der Waals surface area contributed by atoms with Crippen LogP contribution in [-0.4, -0.2) is 37.4 Å². The van der Waals surface area contributed by atoms with Gasteiger partial charge in [-0.3, -0.25) is 9.78 Å². The number of rotatable bonds is 7. The zero-order chi connectivity index (χ0) is 12.7. The zero-order valence-corrected chi connectivity index (χ0v) is 10.1. The Balaban J connectivity index is 2.27. The van der Waals surface area contributed by atoms with Crippen LogP contribution in [0.1, 0.15) is 5.56 Å². The number of hydrogen-bond donors (Lipinski definition) is 2. The lowest BCUT2D eigenvalue weighted by molar-refractivity contribution is -0.115. The molecule has 0 unspecified atom stereocenters. The number of hydrogen-bond acceptors (Lipinski definition) is 5. The molecule has 17 heavy (non-hydrogen) atoms.